The minimum absolute atomic E-state index is 1.24. The van der Waals surface area contributed by atoms with Gasteiger partial charge in [0.05, 0.1) is 17.1 Å². The van der Waals surface area contributed by atoms with Crippen LogP contribution in [0.3, 0.4) is 0 Å². The fourth-order valence-electron chi connectivity index (χ4n) is 2.54. The van der Waals surface area contributed by atoms with Crippen LogP contribution in [0.4, 0.5) is 17.1 Å². The lowest BCUT2D eigenvalue weighted by atomic mass is 10.0. The fraction of sp³-hybridized carbons (Fsp3) is 0.375. The summed E-state index contributed by atoms with van der Waals surface area (Å²) in [5.74, 6) is 0. The van der Waals surface area contributed by atoms with Gasteiger partial charge in [-0.25, -0.2) is 0 Å². The van der Waals surface area contributed by atoms with Gasteiger partial charge >= 0.3 is 0 Å². The van der Waals surface area contributed by atoms with Gasteiger partial charge in [-0.3, -0.25) is 0 Å². The van der Waals surface area contributed by atoms with Crippen LogP contribution in [-0.4, -0.2) is 42.3 Å². The highest BCUT2D eigenvalue weighted by Crippen LogP contribution is 2.42. The number of hydrogen-bond donors (Lipinski definition) is 0. The van der Waals surface area contributed by atoms with Gasteiger partial charge in [0.25, 0.3) is 0 Å². The first-order valence-electron chi connectivity index (χ1n) is 6.51. The topological polar surface area (TPSA) is 9.72 Å². The van der Waals surface area contributed by atoms with Gasteiger partial charge < -0.3 is 14.7 Å². The van der Waals surface area contributed by atoms with E-state index in [0.717, 1.165) is 0 Å². The van der Waals surface area contributed by atoms with Crippen molar-refractivity contribution in [2.24, 2.45) is 0 Å². The number of rotatable bonds is 3. The van der Waals surface area contributed by atoms with E-state index in [9.17, 15) is 0 Å². The molecule has 0 heterocycles. The molecule has 0 aromatic heterocycles. The molecular formula is C16H23N3. The van der Waals surface area contributed by atoms with E-state index >= 15 is 0 Å². The molecule has 2 aromatic carbocycles. The number of benzene rings is 2. The lowest BCUT2D eigenvalue weighted by Crippen LogP contribution is -2.21. The molecule has 3 nitrogen and oxygen atoms in total. The molecule has 0 aliphatic heterocycles. The van der Waals surface area contributed by atoms with E-state index in [0.29, 0.717) is 0 Å². The summed E-state index contributed by atoms with van der Waals surface area (Å²) in [5, 5.41) is 2.57. The highest BCUT2D eigenvalue weighted by atomic mass is 15.2. The van der Waals surface area contributed by atoms with Gasteiger partial charge in [0.2, 0.25) is 0 Å². The van der Waals surface area contributed by atoms with Gasteiger partial charge in [-0.05, 0) is 11.5 Å². The maximum atomic E-state index is 2.26. The number of hydrogen-bond acceptors (Lipinski definition) is 3. The molecule has 0 spiro atoms. The zero-order chi connectivity index (χ0) is 14.2. The first-order valence-corrected chi connectivity index (χ1v) is 6.51. The van der Waals surface area contributed by atoms with Crippen molar-refractivity contribution >= 4 is 27.8 Å². The van der Waals surface area contributed by atoms with Crippen LogP contribution >= 0.6 is 0 Å². The van der Waals surface area contributed by atoms with Crippen molar-refractivity contribution in [1.29, 1.82) is 0 Å². The monoisotopic (exact) mass is 257 g/mol. The highest BCUT2D eigenvalue weighted by molar-refractivity contribution is 6.06. The van der Waals surface area contributed by atoms with E-state index in [1.165, 1.54) is 27.8 Å². The Bertz CT molecular complexity index is 586. The van der Waals surface area contributed by atoms with Crippen LogP contribution in [0.25, 0.3) is 10.8 Å². The van der Waals surface area contributed by atoms with Gasteiger partial charge in [0, 0.05) is 47.7 Å². The number of fused-ring (bicyclic) bond motifs is 1. The van der Waals surface area contributed by atoms with Crippen molar-refractivity contribution in [3.8, 4) is 0 Å². The summed E-state index contributed by atoms with van der Waals surface area (Å²) in [6, 6.07) is 10.8. The molecule has 102 valence electrons. The Morgan fingerprint density at radius 2 is 1.26 bits per heavy atom. The summed E-state index contributed by atoms with van der Waals surface area (Å²) in [4.78, 5) is 6.57. The molecule has 0 saturated carbocycles. The summed E-state index contributed by atoms with van der Waals surface area (Å²) in [7, 11) is 12.6. The normalized spacial score (nSPS) is 10.6. The third-order valence-electron chi connectivity index (χ3n) is 3.35. The van der Waals surface area contributed by atoms with Crippen LogP contribution in [0.5, 0.6) is 0 Å². The van der Waals surface area contributed by atoms with Crippen LogP contribution in [0.2, 0.25) is 0 Å². The minimum Gasteiger partial charge on any atom is -0.376 e. The summed E-state index contributed by atoms with van der Waals surface area (Å²) in [6.45, 7) is 0. The largest absolute Gasteiger partial charge is 0.376 e. The van der Waals surface area contributed by atoms with Crippen molar-refractivity contribution in [3.63, 3.8) is 0 Å². The van der Waals surface area contributed by atoms with Gasteiger partial charge in [-0.2, -0.15) is 0 Å². The molecule has 0 radical (unpaired) electrons. The van der Waals surface area contributed by atoms with E-state index < -0.39 is 0 Å². The molecule has 0 saturated heterocycles. The number of nitrogens with zero attached hydrogens (tertiary/aromatic N) is 3. The summed E-state index contributed by atoms with van der Waals surface area (Å²) >= 11 is 0. The summed E-state index contributed by atoms with van der Waals surface area (Å²) in [5.41, 5.74) is 3.77. The molecule has 0 bridgehead atoms. The summed E-state index contributed by atoms with van der Waals surface area (Å²) in [6.07, 6.45) is 0. The smallest absolute Gasteiger partial charge is 0.0842 e. The van der Waals surface area contributed by atoms with Gasteiger partial charge in [0.1, 0.15) is 0 Å². The van der Waals surface area contributed by atoms with E-state index in [1.807, 2.05) is 0 Å². The van der Waals surface area contributed by atoms with Crippen LogP contribution in [-0.2, 0) is 0 Å². The molecule has 2 rings (SSSR count). The highest BCUT2D eigenvalue weighted by Gasteiger charge is 2.17. The first kappa shape index (κ1) is 13.5. The second kappa shape index (κ2) is 5.00. The third-order valence-corrected chi connectivity index (χ3v) is 3.35. The third kappa shape index (κ3) is 2.33. The molecule has 19 heavy (non-hydrogen) atoms. The molecule has 0 amide bonds. The van der Waals surface area contributed by atoms with Crippen molar-refractivity contribution in [3.05, 3.63) is 30.3 Å². The standard InChI is InChI=1S/C16H23N3/c1-17(2)14-11-12-9-7-8-10-13(12)15(18(3)4)16(14)19(5)6/h7-11H,1-6H3. The molecule has 0 fully saturated rings. The van der Waals surface area contributed by atoms with Crippen molar-refractivity contribution in [2.75, 3.05) is 57.0 Å². The zero-order valence-corrected chi connectivity index (χ0v) is 12.7. The van der Waals surface area contributed by atoms with Crippen molar-refractivity contribution in [1.82, 2.24) is 0 Å². The first-order chi connectivity index (χ1) is 8.93. The van der Waals surface area contributed by atoms with Crippen molar-refractivity contribution < 1.29 is 0 Å². The molecule has 0 aliphatic carbocycles. The molecule has 0 unspecified atom stereocenters. The van der Waals surface area contributed by atoms with Crippen LogP contribution in [0.1, 0.15) is 0 Å². The average Bonchev–Trinajstić information content (AvgIpc) is 2.35. The fourth-order valence-corrected chi connectivity index (χ4v) is 2.54. The average molecular weight is 257 g/mol. The Kier molecular flexibility index (Phi) is 3.56. The minimum atomic E-state index is 1.24. The van der Waals surface area contributed by atoms with Crippen molar-refractivity contribution in [2.45, 2.75) is 0 Å². The van der Waals surface area contributed by atoms with E-state index in [4.69, 9.17) is 0 Å². The van der Waals surface area contributed by atoms with E-state index in [-0.39, 0.29) is 0 Å². The Morgan fingerprint density at radius 1 is 0.684 bits per heavy atom. The predicted molar refractivity (Wildman–Crippen MR) is 86.9 cm³/mol. The molecular weight excluding hydrogens is 234 g/mol. The molecule has 0 N–H and O–H groups in total. The predicted octanol–water partition coefficient (Wildman–Crippen LogP) is 3.04. The Morgan fingerprint density at radius 3 is 1.79 bits per heavy atom. The molecule has 0 aliphatic rings. The van der Waals surface area contributed by atoms with Gasteiger partial charge in [-0.15, -0.1) is 0 Å². The van der Waals surface area contributed by atoms with E-state index in [1.54, 1.807) is 0 Å². The van der Waals surface area contributed by atoms with Crippen LogP contribution < -0.4 is 14.7 Å². The van der Waals surface area contributed by atoms with Gasteiger partial charge in [0.15, 0.2) is 0 Å². The lowest BCUT2D eigenvalue weighted by molar-refractivity contribution is 1.05. The van der Waals surface area contributed by atoms with Gasteiger partial charge in [-0.1, -0.05) is 24.3 Å². The molecule has 2 aromatic rings. The SMILES string of the molecule is CN(C)c1cc2ccccc2c(N(C)C)c1N(C)C. The zero-order valence-electron chi connectivity index (χ0n) is 12.7. The molecule has 0 atom stereocenters. The second-order valence-electron chi connectivity index (χ2n) is 5.50. The quantitative estimate of drug-likeness (QED) is 0.837. The maximum Gasteiger partial charge on any atom is 0.0842 e. The Hall–Kier alpha value is -1.90. The second-order valence-corrected chi connectivity index (χ2v) is 5.50. The summed E-state index contributed by atoms with van der Waals surface area (Å²) < 4.78 is 0. The van der Waals surface area contributed by atoms with Crippen LogP contribution in [0, 0.1) is 0 Å². The lowest BCUT2D eigenvalue weighted by Gasteiger charge is -2.30. The Balaban J connectivity index is 2.91. The number of anilines is 3. The van der Waals surface area contributed by atoms with E-state index in [2.05, 4.69) is 87.3 Å². The Labute approximate surface area is 116 Å². The molecule has 3 heteroatoms. The maximum absolute atomic E-state index is 2.26. The van der Waals surface area contributed by atoms with Crippen LogP contribution in [0.15, 0.2) is 30.3 Å².